The summed E-state index contributed by atoms with van der Waals surface area (Å²) in [6.45, 7) is 8.00. The topological polar surface area (TPSA) is 12.0 Å². The van der Waals surface area contributed by atoms with E-state index in [1.54, 1.807) is 6.92 Å². The smallest absolute Gasteiger partial charge is 0.128 e. The van der Waals surface area contributed by atoms with E-state index in [1.165, 1.54) is 18.6 Å². The van der Waals surface area contributed by atoms with Crippen molar-refractivity contribution in [3.63, 3.8) is 0 Å². The van der Waals surface area contributed by atoms with Crippen LogP contribution in [0.15, 0.2) is 12.1 Å². The molecule has 2 atom stereocenters. The highest BCUT2D eigenvalue weighted by molar-refractivity contribution is 5.27. The molecule has 2 rings (SSSR count). The number of nitrogens with one attached hydrogen (secondary N) is 1. The summed E-state index contributed by atoms with van der Waals surface area (Å²) < 4.78 is 27.5. The fourth-order valence-corrected chi connectivity index (χ4v) is 3.02. The van der Waals surface area contributed by atoms with Gasteiger partial charge in [-0.25, -0.2) is 8.78 Å². The Kier molecular flexibility index (Phi) is 3.95. The third kappa shape index (κ3) is 3.33. The van der Waals surface area contributed by atoms with Crippen LogP contribution in [0, 0.1) is 24.0 Å². The van der Waals surface area contributed by atoms with Gasteiger partial charge in [-0.3, -0.25) is 0 Å². The van der Waals surface area contributed by atoms with Crippen LogP contribution in [-0.2, 0) is 0 Å². The van der Waals surface area contributed by atoms with Crippen LogP contribution in [0.3, 0.4) is 0 Å². The Balaban J connectivity index is 2.08. The monoisotopic (exact) mass is 267 g/mol. The van der Waals surface area contributed by atoms with Gasteiger partial charge < -0.3 is 5.32 Å². The Bertz CT molecular complexity index is 468. The fourth-order valence-electron chi connectivity index (χ4n) is 3.02. The van der Waals surface area contributed by atoms with Gasteiger partial charge in [0.05, 0.1) is 0 Å². The normalized spacial score (nSPS) is 23.6. The minimum absolute atomic E-state index is 0.158. The lowest BCUT2D eigenvalue weighted by Crippen LogP contribution is -2.30. The van der Waals surface area contributed by atoms with Crippen LogP contribution in [0.4, 0.5) is 8.78 Å². The first-order chi connectivity index (χ1) is 8.78. The second-order valence-electron chi connectivity index (χ2n) is 6.62. The number of benzene rings is 1. The van der Waals surface area contributed by atoms with E-state index in [0.29, 0.717) is 22.6 Å². The maximum Gasteiger partial charge on any atom is 0.128 e. The van der Waals surface area contributed by atoms with Crippen LogP contribution >= 0.6 is 0 Å². The van der Waals surface area contributed by atoms with Crippen LogP contribution in [0.2, 0.25) is 0 Å². The van der Waals surface area contributed by atoms with E-state index in [9.17, 15) is 8.78 Å². The average molecular weight is 267 g/mol. The van der Waals surface area contributed by atoms with Crippen LogP contribution in [-0.4, -0.2) is 6.04 Å². The molecular weight excluding hydrogens is 244 g/mol. The molecule has 0 aromatic heterocycles. The summed E-state index contributed by atoms with van der Waals surface area (Å²) in [6, 6.07) is 2.84. The summed E-state index contributed by atoms with van der Waals surface area (Å²) in [5.41, 5.74) is 1.14. The highest BCUT2D eigenvalue weighted by Crippen LogP contribution is 2.38. The van der Waals surface area contributed by atoms with Gasteiger partial charge in [0.15, 0.2) is 0 Å². The zero-order chi connectivity index (χ0) is 14.2. The number of rotatable bonds is 3. The fraction of sp³-hybridized carbons (Fsp3) is 0.625. The van der Waals surface area contributed by atoms with Gasteiger partial charge in [-0.15, -0.1) is 0 Å². The quantitative estimate of drug-likeness (QED) is 0.850. The summed E-state index contributed by atoms with van der Waals surface area (Å²) in [6.07, 6.45) is 3.38. The van der Waals surface area contributed by atoms with Crippen LogP contribution in [0.5, 0.6) is 0 Å². The van der Waals surface area contributed by atoms with Crippen molar-refractivity contribution in [2.24, 2.45) is 5.41 Å². The molecule has 0 amide bonds. The lowest BCUT2D eigenvalue weighted by molar-refractivity contribution is 0.354. The molecule has 0 radical (unpaired) electrons. The van der Waals surface area contributed by atoms with Crippen LogP contribution < -0.4 is 5.32 Å². The summed E-state index contributed by atoms with van der Waals surface area (Å²) in [5.74, 6) is -0.659. The molecule has 0 heterocycles. The van der Waals surface area contributed by atoms with Gasteiger partial charge >= 0.3 is 0 Å². The van der Waals surface area contributed by atoms with E-state index in [0.717, 1.165) is 12.8 Å². The van der Waals surface area contributed by atoms with Crippen molar-refractivity contribution in [3.8, 4) is 0 Å². The predicted octanol–water partition coefficient (Wildman–Crippen LogP) is 4.50. The zero-order valence-corrected chi connectivity index (χ0v) is 12.2. The summed E-state index contributed by atoms with van der Waals surface area (Å²) in [5, 5.41) is 3.43. The molecule has 106 valence electrons. The molecule has 0 spiro atoms. The number of aryl methyl sites for hydroxylation is 1. The molecule has 1 fully saturated rings. The van der Waals surface area contributed by atoms with E-state index < -0.39 is 0 Å². The predicted molar refractivity (Wildman–Crippen MR) is 74.1 cm³/mol. The first-order valence-corrected chi connectivity index (χ1v) is 7.00. The molecule has 1 aliphatic carbocycles. The molecule has 1 nitrogen and oxygen atoms in total. The average Bonchev–Trinajstić information content (AvgIpc) is 2.63. The first kappa shape index (κ1) is 14.4. The third-order valence-corrected chi connectivity index (χ3v) is 4.20. The van der Waals surface area contributed by atoms with Gasteiger partial charge in [-0.1, -0.05) is 13.8 Å². The molecule has 3 heteroatoms. The summed E-state index contributed by atoms with van der Waals surface area (Å²) >= 11 is 0. The first-order valence-electron chi connectivity index (χ1n) is 7.00. The molecule has 1 aliphatic rings. The van der Waals surface area contributed by atoms with Gasteiger partial charge in [-0.2, -0.15) is 0 Å². The minimum Gasteiger partial charge on any atom is -0.307 e. The standard InChI is InChI=1S/C16H23F2N/c1-10-7-15(18)13(8-14(10)17)11(2)19-12-5-6-16(3,4)9-12/h7-8,11-12,19H,5-6,9H2,1-4H3. The van der Waals surface area contributed by atoms with Crippen LogP contribution in [0.25, 0.3) is 0 Å². The number of hydrogen-bond donors (Lipinski definition) is 1. The molecule has 0 saturated heterocycles. The molecule has 0 aliphatic heterocycles. The van der Waals surface area contributed by atoms with Crippen molar-refractivity contribution in [2.45, 2.75) is 59.0 Å². The van der Waals surface area contributed by atoms with E-state index in [-0.39, 0.29) is 17.7 Å². The number of hydrogen-bond acceptors (Lipinski definition) is 1. The van der Waals surface area contributed by atoms with Gasteiger partial charge in [-0.05, 0) is 56.2 Å². The van der Waals surface area contributed by atoms with Crippen molar-refractivity contribution < 1.29 is 8.78 Å². The Morgan fingerprint density at radius 3 is 2.53 bits per heavy atom. The van der Waals surface area contributed by atoms with Crippen molar-refractivity contribution >= 4 is 0 Å². The molecule has 19 heavy (non-hydrogen) atoms. The van der Waals surface area contributed by atoms with Crippen molar-refractivity contribution in [1.29, 1.82) is 0 Å². The SMILES string of the molecule is Cc1cc(F)c(C(C)NC2CCC(C)(C)C2)cc1F. The van der Waals surface area contributed by atoms with Crippen LogP contribution in [0.1, 0.15) is 57.2 Å². The van der Waals surface area contributed by atoms with E-state index in [1.807, 2.05) is 6.92 Å². The maximum atomic E-state index is 13.9. The highest BCUT2D eigenvalue weighted by atomic mass is 19.1. The van der Waals surface area contributed by atoms with Crippen molar-refractivity contribution in [2.75, 3.05) is 0 Å². The molecule has 1 aromatic carbocycles. The molecule has 1 N–H and O–H groups in total. The van der Waals surface area contributed by atoms with E-state index in [2.05, 4.69) is 19.2 Å². The van der Waals surface area contributed by atoms with Gasteiger partial charge in [0.1, 0.15) is 11.6 Å². The second kappa shape index (κ2) is 5.20. The maximum absolute atomic E-state index is 13.9. The Morgan fingerprint density at radius 2 is 1.95 bits per heavy atom. The Hall–Kier alpha value is -0.960. The lowest BCUT2D eigenvalue weighted by atomic mass is 9.91. The molecular formula is C16H23F2N. The summed E-state index contributed by atoms with van der Waals surface area (Å²) in [7, 11) is 0. The van der Waals surface area contributed by atoms with Gasteiger partial charge in [0, 0.05) is 17.6 Å². The zero-order valence-electron chi connectivity index (χ0n) is 12.2. The Morgan fingerprint density at radius 1 is 1.26 bits per heavy atom. The molecule has 1 aromatic rings. The van der Waals surface area contributed by atoms with Gasteiger partial charge in [0.25, 0.3) is 0 Å². The molecule has 0 bridgehead atoms. The van der Waals surface area contributed by atoms with E-state index >= 15 is 0 Å². The van der Waals surface area contributed by atoms with Gasteiger partial charge in [0.2, 0.25) is 0 Å². The third-order valence-electron chi connectivity index (χ3n) is 4.20. The van der Waals surface area contributed by atoms with Crippen molar-refractivity contribution in [1.82, 2.24) is 5.32 Å². The summed E-state index contributed by atoms with van der Waals surface area (Å²) in [4.78, 5) is 0. The van der Waals surface area contributed by atoms with E-state index in [4.69, 9.17) is 0 Å². The Labute approximate surface area is 114 Å². The largest absolute Gasteiger partial charge is 0.307 e. The van der Waals surface area contributed by atoms with Crippen molar-refractivity contribution in [3.05, 3.63) is 34.9 Å². The highest BCUT2D eigenvalue weighted by Gasteiger charge is 2.31. The lowest BCUT2D eigenvalue weighted by Gasteiger charge is -2.22. The minimum atomic E-state index is -0.336. The second-order valence-corrected chi connectivity index (χ2v) is 6.62. The number of halogens is 2. The molecule has 1 saturated carbocycles. The molecule has 2 unspecified atom stereocenters.